The second-order valence-corrected chi connectivity index (χ2v) is 15.5. The molecule has 320 valence electrons. The standard InChI is InChI=1S/C47H79O8P/c1-3-5-7-9-11-13-15-17-19-21-23-25-27-29-31-33-35-37-39-41-46(48)53-43-45(44-54-56(50,51)52)55-47(49)42-40-38-36-34-32-30-28-26-24-22-20-18-16-14-12-10-8-6-4-2/h6,8,12,14,18,20-21,23-24,26,30,32,36,38,45H,3-5,7,9-11,13,15-17,19,22,25,27-29,31,33-35,37,39-44H2,1-2H3,(H2,50,51,52)/b8-6-,14-12-,20-18-,23-21-,26-24-,32-30-,38-36-/t45-/m1/s1. The number of phosphoric ester groups is 1. The van der Waals surface area contributed by atoms with Crippen molar-refractivity contribution in [2.75, 3.05) is 13.2 Å². The lowest BCUT2D eigenvalue weighted by molar-refractivity contribution is -0.161. The minimum absolute atomic E-state index is 0.0819. The second kappa shape index (κ2) is 41.9. The lowest BCUT2D eigenvalue weighted by Gasteiger charge is -2.18. The van der Waals surface area contributed by atoms with Gasteiger partial charge in [-0.3, -0.25) is 14.1 Å². The van der Waals surface area contributed by atoms with Crippen molar-refractivity contribution in [3.05, 3.63) is 85.1 Å². The average Bonchev–Trinajstić information content (AvgIpc) is 3.17. The quantitative estimate of drug-likeness (QED) is 0.0273. The molecule has 0 aliphatic carbocycles. The van der Waals surface area contributed by atoms with Gasteiger partial charge in [-0.25, -0.2) is 4.57 Å². The fraction of sp³-hybridized carbons (Fsp3) is 0.660. The number of ether oxygens (including phenoxy) is 2. The van der Waals surface area contributed by atoms with Crippen LogP contribution in [0.4, 0.5) is 0 Å². The number of allylic oxidation sites excluding steroid dienone is 14. The molecule has 0 fully saturated rings. The Labute approximate surface area is 342 Å². The molecule has 0 aromatic carbocycles. The van der Waals surface area contributed by atoms with Gasteiger partial charge in [0.1, 0.15) is 6.61 Å². The lowest BCUT2D eigenvalue weighted by Crippen LogP contribution is -2.29. The minimum Gasteiger partial charge on any atom is -0.462 e. The molecule has 0 aromatic rings. The van der Waals surface area contributed by atoms with Crippen LogP contribution in [0.3, 0.4) is 0 Å². The number of rotatable bonds is 39. The topological polar surface area (TPSA) is 119 Å². The minimum atomic E-state index is -4.78. The SMILES string of the molecule is CC/C=C\C/C=C\C/C=C\C/C=C\C/C=C\C/C=C\CCC(=O)O[C@H](COC(=O)CCCCCCCCC/C=C\CCCCCCCCCC)COP(=O)(O)O. The number of unbranched alkanes of at least 4 members (excludes halogenated alkanes) is 15. The highest BCUT2D eigenvalue weighted by molar-refractivity contribution is 7.46. The third-order valence-electron chi connectivity index (χ3n) is 8.91. The van der Waals surface area contributed by atoms with Crippen LogP contribution in [0.5, 0.6) is 0 Å². The molecule has 0 radical (unpaired) electrons. The van der Waals surface area contributed by atoms with Gasteiger partial charge in [0.15, 0.2) is 6.10 Å². The van der Waals surface area contributed by atoms with E-state index in [1.807, 2.05) is 12.2 Å². The monoisotopic (exact) mass is 803 g/mol. The molecule has 0 saturated heterocycles. The first-order valence-electron chi connectivity index (χ1n) is 21.9. The smallest absolute Gasteiger partial charge is 0.462 e. The summed E-state index contributed by atoms with van der Waals surface area (Å²) >= 11 is 0. The number of hydrogen-bond donors (Lipinski definition) is 2. The van der Waals surface area contributed by atoms with E-state index in [4.69, 9.17) is 19.3 Å². The molecule has 0 saturated carbocycles. The third-order valence-corrected chi connectivity index (χ3v) is 9.40. The highest BCUT2D eigenvalue weighted by atomic mass is 31.2. The maximum Gasteiger partial charge on any atom is 0.469 e. The van der Waals surface area contributed by atoms with Crippen LogP contribution in [0.2, 0.25) is 0 Å². The fourth-order valence-electron chi connectivity index (χ4n) is 5.69. The van der Waals surface area contributed by atoms with Crippen molar-refractivity contribution in [3.63, 3.8) is 0 Å². The van der Waals surface area contributed by atoms with Crippen molar-refractivity contribution in [2.24, 2.45) is 0 Å². The Balaban J connectivity index is 4.04. The zero-order valence-electron chi connectivity index (χ0n) is 35.3. The van der Waals surface area contributed by atoms with E-state index in [0.29, 0.717) is 12.8 Å². The molecule has 9 heteroatoms. The van der Waals surface area contributed by atoms with E-state index < -0.39 is 32.5 Å². The van der Waals surface area contributed by atoms with Gasteiger partial charge in [-0.15, -0.1) is 0 Å². The fourth-order valence-corrected chi connectivity index (χ4v) is 6.05. The lowest BCUT2D eigenvalue weighted by atomic mass is 10.1. The third kappa shape index (κ3) is 44.0. The Morgan fingerprint density at radius 1 is 0.482 bits per heavy atom. The first kappa shape index (κ1) is 53.2. The molecule has 56 heavy (non-hydrogen) atoms. The Bertz CT molecular complexity index is 1180. The molecule has 2 N–H and O–H groups in total. The van der Waals surface area contributed by atoms with Crippen molar-refractivity contribution in [1.29, 1.82) is 0 Å². The zero-order valence-corrected chi connectivity index (χ0v) is 36.1. The van der Waals surface area contributed by atoms with Crippen LogP contribution in [-0.2, 0) is 28.2 Å². The maximum absolute atomic E-state index is 12.4. The van der Waals surface area contributed by atoms with E-state index in [-0.39, 0.29) is 19.4 Å². The van der Waals surface area contributed by atoms with Crippen LogP contribution in [-0.4, -0.2) is 41.0 Å². The summed E-state index contributed by atoms with van der Waals surface area (Å²) < 4.78 is 26.3. The highest BCUT2D eigenvalue weighted by Gasteiger charge is 2.22. The molecular formula is C47H79O8P. The van der Waals surface area contributed by atoms with Crippen molar-refractivity contribution in [1.82, 2.24) is 0 Å². The van der Waals surface area contributed by atoms with E-state index in [9.17, 15) is 14.2 Å². The molecule has 0 amide bonds. The predicted molar refractivity (Wildman–Crippen MR) is 234 cm³/mol. The van der Waals surface area contributed by atoms with Gasteiger partial charge in [0, 0.05) is 12.8 Å². The van der Waals surface area contributed by atoms with Crippen LogP contribution in [0.15, 0.2) is 85.1 Å². The summed E-state index contributed by atoms with van der Waals surface area (Å²) in [6.07, 6.45) is 56.0. The van der Waals surface area contributed by atoms with Crippen molar-refractivity contribution in [3.8, 4) is 0 Å². The van der Waals surface area contributed by atoms with Gasteiger partial charge in [-0.2, -0.15) is 0 Å². The average molecular weight is 803 g/mol. The van der Waals surface area contributed by atoms with E-state index >= 15 is 0 Å². The van der Waals surface area contributed by atoms with Gasteiger partial charge >= 0.3 is 19.8 Å². The molecule has 0 bridgehead atoms. The van der Waals surface area contributed by atoms with Crippen LogP contribution >= 0.6 is 7.82 Å². The van der Waals surface area contributed by atoms with E-state index in [1.165, 1.54) is 77.0 Å². The van der Waals surface area contributed by atoms with E-state index in [0.717, 1.165) is 64.2 Å². The van der Waals surface area contributed by atoms with Crippen molar-refractivity contribution in [2.45, 2.75) is 187 Å². The van der Waals surface area contributed by atoms with Gasteiger partial charge in [0.2, 0.25) is 0 Å². The zero-order chi connectivity index (χ0) is 41.1. The van der Waals surface area contributed by atoms with Crippen LogP contribution in [0, 0.1) is 0 Å². The van der Waals surface area contributed by atoms with Crippen molar-refractivity contribution < 1.29 is 37.9 Å². The summed E-state index contributed by atoms with van der Waals surface area (Å²) in [7, 11) is -4.78. The molecule has 0 aliphatic rings. The number of esters is 2. The summed E-state index contributed by atoms with van der Waals surface area (Å²) in [5, 5.41) is 0. The molecule has 0 unspecified atom stereocenters. The van der Waals surface area contributed by atoms with Gasteiger partial charge < -0.3 is 19.3 Å². The first-order valence-corrected chi connectivity index (χ1v) is 23.4. The second-order valence-electron chi connectivity index (χ2n) is 14.3. The number of carbonyl (C=O) groups is 2. The van der Waals surface area contributed by atoms with Crippen molar-refractivity contribution >= 4 is 19.8 Å². The molecule has 0 aliphatic heterocycles. The van der Waals surface area contributed by atoms with E-state index in [1.54, 1.807) is 0 Å². The Morgan fingerprint density at radius 3 is 1.36 bits per heavy atom. The Morgan fingerprint density at radius 2 is 0.893 bits per heavy atom. The maximum atomic E-state index is 12.4. The van der Waals surface area contributed by atoms with Gasteiger partial charge in [-0.1, -0.05) is 176 Å². The van der Waals surface area contributed by atoms with Gasteiger partial charge in [0.05, 0.1) is 6.61 Å². The predicted octanol–water partition coefficient (Wildman–Crippen LogP) is 13.6. The molecule has 8 nitrogen and oxygen atoms in total. The van der Waals surface area contributed by atoms with Gasteiger partial charge in [0.25, 0.3) is 0 Å². The van der Waals surface area contributed by atoms with Crippen LogP contribution in [0.1, 0.15) is 181 Å². The number of carbonyl (C=O) groups excluding carboxylic acids is 2. The largest absolute Gasteiger partial charge is 0.469 e. The van der Waals surface area contributed by atoms with Crippen LogP contribution < -0.4 is 0 Å². The molecule has 0 rings (SSSR count). The molecule has 0 heterocycles. The Hall–Kier alpha value is -2.77. The number of hydrogen-bond acceptors (Lipinski definition) is 6. The number of phosphoric acid groups is 1. The van der Waals surface area contributed by atoms with E-state index in [2.05, 4.69) is 91.3 Å². The molecule has 0 aromatic heterocycles. The highest BCUT2D eigenvalue weighted by Crippen LogP contribution is 2.36. The summed E-state index contributed by atoms with van der Waals surface area (Å²) in [4.78, 5) is 42.9. The van der Waals surface area contributed by atoms with Gasteiger partial charge in [-0.05, 0) is 77.0 Å². The van der Waals surface area contributed by atoms with Crippen LogP contribution in [0.25, 0.3) is 0 Å². The summed E-state index contributed by atoms with van der Waals surface area (Å²) in [6, 6.07) is 0. The summed E-state index contributed by atoms with van der Waals surface area (Å²) in [6.45, 7) is 3.51. The summed E-state index contributed by atoms with van der Waals surface area (Å²) in [5.74, 6) is -0.992. The summed E-state index contributed by atoms with van der Waals surface area (Å²) in [5.41, 5.74) is 0. The first-order chi connectivity index (χ1) is 27.3. The normalized spacial score (nSPS) is 13.3. The molecule has 0 spiro atoms. The molecule has 1 atom stereocenters. The Kier molecular flexibility index (Phi) is 39.8. The molecular weight excluding hydrogens is 723 g/mol.